The first-order chi connectivity index (χ1) is 10.5. The Bertz CT molecular complexity index is 769. The van der Waals surface area contributed by atoms with Crippen molar-refractivity contribution in [2.45, 2.75) is 9.49 Å². The van der Waals surface area contributed by atoms with E-state index in [-0.39, 0.29) is 0 Å². The fraction of sp³-hybridized carbons (Fsp3) is 0.125. The van der Waals surface area contributed by atoms with Gasteiger partial charge in [0.25, 0.3) is 0 Å². The molecule has 2 aliphatic rings. The van der Waals surface area contributed by atoms with Crippen LogP contribution in [0.2, 0.25) is 0 Å². The maximum Gasteiger partial charge on any atom is 0.333 e. The number of thioether (sulfide) groups is 1. The molecule has 0 radical (unpaired) electrons. The van der Waals surface area contributed by atoms with Crippen molar-refractivity contribution in [3.8, 4) is 11.5 Å². The number of hydrogen-bond donors (Lipinski definition) is 2. The highest BCUT2D eigenvalue weighted by molar-refractivity contribution is 8.11. The fourth-order valence-corrected chi connectivity index (χ4v) is 4.66. The van der Waals surface area contributed by atoms with Gasteiger partial charge in [0.2, 0.25) is 4.75 Å². The Hall–Kier alpha value is -2.47. The summed E-state index contributed by atoms with van der Waals surface area (Å²) >= 11 is 0.930. The number of para-hydroxylation sites is 2. The number of aliphatic carboxylic acids is 2. The van der Waals surface area contributed by atoms with E-state index in [9.17, 15) is 19.8 Å². The SMILES string of the molecule is O=C(O)C1(C(=O)O)SC12c1ccccc1Oc1ccccc12. The predicted octanol–water partition coefficient (Wildman–Crippen LogP) is 2.69. The molecule has 0 bridgehead atoms. The van der Waals surface area contributed by atoms with Gasteiger partial charge in [0, 0.05) is 11.1 Å². The summed E-state index contributed by atoms with van der Waals surface area (Å²) in [4.78, 5) is 23.6. The molecule has 110 valence electrons. The summed E-state index contributed by atoms with van der Waals surface area (Å²) in [7, 11) is 0. The summed E-state index contributed by atoms with van der Waals surface area (Å²) in [6, 6.07) is 14.0. The molecule has 1 fully saturated rings. The molecule has 2 aliphatic heterocycles. The van der Waals surface area contributed by atoms with Crippen LogP contribution in [0.25, 0.3) is 0 Å². The maximum absolute atomic E-state index is 11.8. The Morgan fingerprint density at radius 1 is 0.864 bits per heavy atom. The third kappa shape index (κ3) is 1.31. The highest BCUT2D eigenvalue weighted by Crippen LogP contribution is 2.77. The van der Waals surface area contributed by atoms with E-state index in [0.29, 0.717) is 22.6 Å². The Kier molecular flexibility index (Phi) is 2.43. The molecule has 0 aromatic heterocycles. The quantitative estimate of drug-likeness (QED) is 0.655. The Morgan fingerprint density at radius 3 is 1.73 bits per heavy atom. The first kappa shape index (κ1) is 13.2. The van der Waals surface area contributed by atoms with Gasteiger partial charge in [-0.1, -0.05) is 36.4 Å². The number of hydrogen-bond acceptors (Lipinski definition) is 4. The molecule has 1 spiro atoms. The van der Waals surface area contributed by atoms with Gasteiger partial charge in [0.15, 0.2) is 0 Å². The van der Waals surface area contributed by atoms with Crippen LogP contribution in [-0.2, 0) is 14.3 Å². The largest absolute Gasteiger partial charge is 0.480 e. The molecule has 6 heteroatoms. The van der Waals surface area contributed by atoms with Gasteiger partial charge in [0.1, 0.15) is 16.2 Å². The Balaban J connectivity index is 2.06. The summed E-state index contributed by atoms with van der Waals surface area (Å²) in [5, 5.41) is 19.2. The molecule has 4 rings (SSSR count). The maximum atomic E-state index is 11.8. The molecule has 2 heterocycles. The molecule has 0 aliphatic carbocycles. The fourth-order valence-electron chi connectivity index (χ4n) is 3.13. The van der Waals surface area contributed by atoms with E-state index in [1.807, 2.05) is 0 Å². The lowest BCUT2D eigenvalue weighted by Gasteiger charge is -2.28. The van der Waals surface area contributed by atoms with Crippen LogP contribution in [0.5, 0.6) is 11.5 Å². The van der Waals surface area contributed by atoms with E-state index >= 15 is 0 Å². The second-order valence-corrected chi connectivity index (χ2v) is 6.60. The van der Waals surface area contributed by atoms with Gasteiger partial charge in [-0.2, -0.15) is 0 Å². The van der Waals surface area contributed by atoms with Gasteiger partial charge in [-0.15, -0.1) is 11.8 Å². The lowest BCUT2D eigenvalue weighted by molar-refractivity contribution is -0.150. The summed E-state index contributed by atoms with van der Waals surface area (Å²) < 4.78 is 2.72. The van der Waals surface area contributed by atoms with Crippen molar-refractivity contribution in [2.75, 3.05) is 0 Å². The van der Waals surface area contributed by atoms with Crippen LogP contribution in [0, 0.1) is 0 Å². The number of benzene rings is 2. The molecular formula is C16H10O5S. The Labute approximate surface area is 129 Å². The first-order valence-electron chi connectivity index (χ1n) is 6.58. The van der Waals surface area contributed by atoms with E-state index in [1.165, 1.54) is 0 Å². The zero-order valence-corrected chi connectivity index (χ0v) is 12.0. The van der Waals surface area contributed by atoms with E-state index < -0.39 is 21.4 Å². The lowest BCUT2D eigenvalue weighted by Crippen LogP contribution is -2.41. The summed E-state index contributed by atoms with van der Waals surface area (Å²) in [5.41, 5.74) is 1.17. The molecule has 2 aromatic rings. The van der Waals surface area contributed by atoms with Crippen molar-refractivity contribution in [1.29, 1.82) is 0 Å². The van der Waals surface area contributed by atoms with Crippen molar-refractivity contribution < 1.29 is 24.5 Å². The van der Waals surface area contributed by atoms with Gasteiger partial charge in [-0.05, 0) is 12.1 Å². The van der Waals surface area contributed by atoms with Crippen LogP contribution < -0.4 is 4.74 Å². The monoisotopic (exact) mass is 314 g/mol. The van der Waals surface area contributed by atoms with Gasteiger partial charge in [-0.25, -0.2) is 9.59 Å². The van der Waals surface area contributed by atoms with Crippen molar-refractivity contribution in [3.63, 3.8) is 0 Å². The van der Waals surface area contributed by atoms with Crippen molar-refractivity contribution in [3.05, 3.63) is 59.7 Å². The summed E-state index contributed by atoms with van der Waals surface area (Å²) in [6.45, 7) is 0. The number of carbonyl (C=O) groups is 2. The smallest absolute Gasteiger partial charge is 0.333 e. The molecule has 1 saturated heterocycles. The van der Waals surface area contributed by atoms with Gasteiger partial charge >= 0.3 is 11.9 Å². The molecule has 0 atom stereocenters. The standard InChI is InChI=1S/C16H10O5S/c17-13(18)16(14(19)20)15(22-16)9-5-1-3-7-11(9)21-12-8-4-2-6-10(12)15/h1-8H,(H,17,18)(H,19,20). The average molecular weight is 314 g/mol. The molecule has 5 nitrogen and oxygen atoms in total. The molecule has 22 heavy (non-hydrogen) atoms. The number of carboxylic acid groups (broad SMARTS) is 2. The van der Waals surface area contributed by atoms with Gasteiger partial charge in [-0.3, -0.25) is 0 Å². The van der Waals surface area contributed by atoms with Crippen LogP contribution in [0.3, 0.4) is 0 Å². The third-order valence-electron chi connectivity index (χ3n) is 4.12. The van der Waals surface area contributed by atoms with E-state index in [4.69, 9.17) is 4.74 Å². The van der Waals surface area contributed by atoms with Crippen LogP contribution in [-0.4, -0.2) is 26.9 Å². The molecule has 0 amide bonds. The number of fused-ring (bicyclic) bond motifs is 4. The molecule has 2 N–H and O–H groups in total. The molecule has 2 aromatic carbocycles. The van der Waals surface area contributed by atoms with Crippen molar-refractivity contribution >= 4 is 23.7 Å². The minimum Gasteiger partial charge on any atom is -0.480 e. The van der Waals surface area contributed by atoms with Gasteiger partial charge < -0.3 is 14.9 Å². The van der Waals surface area contributed by atoms with Crippen molar-refractivity contribution in [1.82, 2.24) is 0 Å². The average Bonchev–Trinajstić information content (AvgIpc) is 3.20. The van der Waals surface area contributed by atoms with E-state index in [1.54, 1.807) is 48.5 Å². The normalized spacial score (nSPS) is 18.7. The minimum atomic E-state index is -1.93. The lowest BCUT2D eigenvalue weighted by atomic mass is 9.78. The molecular weight excluding hydrogens is 304 g/mol. The summed E-state index contributed by atoms with van der Waals surface area (Å²) in [6.07, 6.45) is 0. The van der Waals surface area contributed by atoms with Crippen LogP contribution >= 0.6 is 11.8 Å². The van der Waals surface area contributed by atoms with Crippen LogP contribution in [0.4, 0.5) is 0 Å². The minimum absolute atomic E-state index is 0.498. The number of carboxylic acids is 2. The summed E-state index contributed by atoms with van der Waals surface area (Å²) in [5.74, 6) is -1.70. The van der Waals surface area contributed by atoms with Crippen LogP contribution in [0.15, 0.2) is 48.5 Å². The zero-order chi connectivity index (χ0) is 15.5. The first-order valence-corrected chi connectivity index (χ1v) is 7.39. The molecule has 0 unspecified atom stereocenters. The Morgan fingerprint density at radius 2 is 1.32 bits per heavy atom. The van der Waals surface area contributed by atoms with E-state index in [0.717, 1.165) is 11.8 Å². The number of ether oxygens (including phenoxy) is 1. The topological polar surface area (TPSA) is 83.8 Å². The van der Waals surface area contributed by atoms with Crippen molar-refractivity contribution in [2.24, 2.45) is 0 Å². The highest BCUT2D eigenvalue weighted by atomic mass is 32.2. The number of rotatable bonds is 2. The highest BCUT2D eigenvalue weighted by Gasteiger charge is 2.82. The zero-order valence-electron chi connectivity index (χ0n) is 11.1. The van der Waals surface area contributed by atoms with Crippen LogP contribution in [0.1, 0.15) is 11.1 Å². The second kappa shape index (κ2) is 4.04. The third-order valence-corrected chi connectivity index (χ3v) is 5.92. The predicted molar refractivity (Wildman–Crippen MR) is 79.3 cm³/mol. The second-order valence-electron chi connectivity index (χ2n) is 5.17. The molecule has 0 saturated carbocycles. The van der Waals surface area contributed by atoms with E-state index in [2.05, 4.69) is 0 Å². The van der Waals surface area contributed by atoms with Gasteiger partial charge in [0.05, 0.1) is 0 Å².